The lowest BCUT2D eigenvalue weighted by atomic mass is 10.0. The van der Waals surface area contributed by atoms with Crippen LogP contribution in [0.5, 0.6) is 0 Å². The number of carbonyl (C=O) groups excluding carboxylic acids is 1. The summed E-state index contributed by atoms with van der Waals surface area (Å²) in [6.45, 7) is 1.99. The van der Waals surface area contributed by atoms with Crippen LogP contribution in [-0.4, -0.2) is 20.1 Å². The van der Waals surface area contributed by atoms with Gasteiger partial charge < -0.3 is 4.74 Å². The molecule has 0 atom stereocenters. The molecule has 6 heteroatoms. The molecule has 3 aromatic rings. The second kappa shape index (κ2) is 6.37. The number of ether oxygens (including phenoxy) is 1. The average Bonchev–Trinajstić information content (AvgIpc) is 3.24. The predicted molar refractivity (Wildman–Crippen MR) is 102 cm³/mol. The Bertz CT molecular complexity index is 1090. The molecule has 0 amide bonds. The third-order valence-electron chi connectivity index (χ3n) is 4.44. The van der Waals surface area contributed by atoms with E-state index in [-0.39, 0.29) is 11.7 Å². The molecule has 2 aromatic carbocycles. The van der Waals surface area contributed by atoms with Crippen LogP contribution in [0.2, 0.25) is 0 Å². The van der Waals surface area contributed by atoms with Gasteiger partial charge in [0, 0.05) is 16.0 Å². The number of rotatable bonds is 4. The summed E-state index contributed by atoms with van der Waals surface area (Å²) in [5, 5.41) is 0. The number of hydrogen-bond acceptors (Lipinski definition) is 5. The molecule has 0 bridgehead atoms. The van der Waals surface area contributed by atoms with Crippen LogP contribution in [0, 0.1) is 0 Å². The second-order valence-electron chi connectivity index (χ2n) is 6.02. The van der Waals surface area contributed by atoms with E-state index in [1.54, 1.807) is 19.1 Å². The Hall–Kier alpha value is -2.44. The molecule has 4 rings (SSSR count). The summed E-state index contributed by atoms with van der Waals surface area (Å²) in [6, 6.07) is 16.8. The Morgan fingerprint density at radius 1 is 1.04 bits per heavy atom. The third-order valence-corrected chi connectivity index (χ3v) is 7.43. The average molecular weight is 384 g/mol. The zero-order valence-corrected chi connectivity index (χ0v) is 15.7. The summed E-state index contributed by atoms with van der Waals surface area (Å²) in [6.07, 6.45) is 0. The van der Waals surface area contributed by atoms with E-state index in [2.05, 4.69) is 0 Å². The third kappa shape index (κ3) is 2.85. The van der Waals surface area contributed by atoms with Crippen molar-refractivity contribution in [3.63, 3.8) is 0 Å². The number of sulfone groups is 1. The van der Waals surface area contributed by atoms with Crippen LogP contribution in [0.4, 0.5) is 0 Å². The van der Waals surface area contributed by atoms with Crippen LogP contribution < -0.4 is 0 Å². The SMILES string of the molecule is CCS(=O)(=O)c1ccccc1-c1ccc(-c2cc3c(s2)C(=O)OC3)cc1. The summed E-state index contributed by atoms with van der Waals surface area (Å²) in [5.74, 6) is -0.189. The van der Waals surface area contributed by atoms with Gasteiger partial charge in [-0.05, 0) is 23.3 Å². The van der Waals surface area contributed by atoms with Crippen molar-refractivity contribution in [2.75, 3.05) is 5.75 Å². The van der Waals surface area contributed by atoms with Crippen molar-refractivity contribution >= 4 is 27.1 Å². The van der Waals surface area contributed by atoms with Gasteiger partial charge in [0.25, 0.3) is 0 Å². The monoisotopic (exact) mass is 384 g/mol. The van der Waals surface area contributed by atoms with Crippen molar-refractivity contribution in [1.82, 2.24) is 0 Å². The largest absolute Gasteiger partial charge is 0.457 e. The maximum Gasteiger partial charge on any atom is 0.349 e. The van der Waals surface area contributed by atoms with E-state index in [0.29, 0.717) is 21.9 Å². The van der Waals surface area contributed by atoms with Crippen molar-refractivity contribution in [3.8, 4) is 21.6 Å². The fourth-order valence-corrected chi connectivity index (χ4v) is 5.19. The van der Waals surface area contributed by atoms with Crippen LogP contribution in [0.1, 0.15) is 22.2 Å². The van der Waals surface area contributed by atoms with Gasteiger partial charge in [0.2, 0.25) is 0 Å². The first-order valence-electron chi connectivity index (χ1n) is 8.22. The minimum atomic E-state index is -3.29. The Morgan fingerprint density at radius 2 is 1.73 bits per heavy atom. The van der Waals surface area contributed by atoms with Crippen molar-refractivity contribution in [1.29, 1.82) is 0 Å². The molecule has 0 N–H and O–H groups in total. The zero-order chi connectivity index (χ0) is 18.3. The minimum absolute atomic E-state index is 0.0684. The van der Waals surface area contributed by atoms with Crippen molar-refractivity contribution < 1.29 is 17.9 Å². The highest BCUT2D eigenvalue weighted by Crippen LogP contribution is 2.37. The molecular weight excluding hydrogens is 368 g/mol. The van der Waals surface area contributed by atoms with Crippen LogP contribution in [0.15, 0.2) is 59.5 Å². The smallest absolute Gasteiger partial charge is 0.349 e. The molecule has 1 aromatic heterocycles. The van der Waals surface area contributed by atoms with Gasteiger partial charge in [-0.2, -0.15) is 0 Å². The molecule has 0 radical (unpaired) electrons. The molecule has 1 aliphatic heterocycles. The highest BCUT2D eigenvalue weighted by Gasteiger charge is 2.25. The first-order valence-corrected chi connectivity index (χ1v) is 10.7. The van der Waals surface area contributed by atoms with E-state index in [1.807, 2.05) is 42.5 Å². The number of benzene rings is 2. The second-order valence-corrected chi connectivity index (χ2v) is 9.32. The van der Waals surface area contributed by atoms with Crippen molar-refractivity contribution in [2.24, 2.45) is 0 Å². The highest BCUT2D eigenvalue weighted by molar-refractivity contribution is 7.91. The summed E-state index contributed by atoms with van der Waals surface area (Å²) in [4.78, 5) is 13.7. The van der Waals surface area contributed by atoms with E-state index in [9.17, 15) is 13.2 Å². The Balaban J connectivity index is 1.72. The minimum Gasteiger partial charge on any atom is -0.457 e. The summed E-state index contributed by atoms with van der Waals surface area (Å²) < 4.78 is 29.7. The molecule has 0 fully saturated rings. The highest BCUT2D eigenvalue weighted by atomic mass is 32.2. The van der Waals surface area contributed by atoms with Crippen LogP contribution >= 0.6 is 11.3 Å². The molecule has 132 valence electrons. The molecular formula is C20H16O4S2. The van der Waals surface area contributed by atoms with Gasteiger partial charge >= 0.3 is 5.97 Å². The van der Waals surface area contributed by atoms with Gasteiger partial charge in [0.1, 0.15) is 11.5 Å². The van der Waals surface area contributed by atoms with E-state index in [1.165, 1.54) is 11.3 Å². The Labute approximate surface area is 156 Å². The summed E-state index contributed by atoms with van der Waals surface area (Å²) in [7, 11) is -3.29. The van der Waals surface area contributed by atoms with Gasteiger partial charge in [-0.25, -0.2) is 13.2 Å². The lowest BCUT2D eigenvalue weighted by Gasteiger charge is -2.10. The molecule has 2 heterocycles. The van der Waals surface area contributed by atoms with Gasteiger partial charge in [0.05, 0.1) is 10.6 Å². The number of fused-ring (bicyclic) bond motifs is 1. The quantitative estimate of drug-likeness (QED) is 0.619. The maximum atomic E-state index is 12.4. The fraction of sp³-hybridized carbons (Fsp3) is 0.150. The van der Waals surface area contributed by atoms with Crippen LogP contribution in [0.3, 0.4) is 0 Å². The lowest BCUT2D eigenvalue weighted by Crippen LogP contribution is -2.05. The Kier molecular flexibility index (Phi) is 4.17. The van der Waals surface area contributed by atoms with E-state index in [0.717, 1.165) is 21.6 Å². The molecule has 0 spiro atoms. The molecule has 0 aliphatic carbocycles. The number of carbonyl (C=O) groups is 1. The van der Waals surface area contributed by atoms with E-state index >= 15 is 0 Å². The molecule has 4 nitrogen and oxygen atoms in total. The molecule has 1 aliphatic rings. The normalized spacial score (nSPS) is 13.5. The maximum absolute atomic E-state index is 12.4. The summed E-state index contributed by atoms with van der Waals surface area (Å²) >= 11 is 1.43. The van der Waals surface area contributed by atoms with E-state index < -0.39 is 9.84 Å². The van der Waals surface area contributed by atoms with Crippen molar-refractivity contribution in [3.05, 3.63) is 65.0 Å². The van der Waals surface area contributed by atoms with Gasteiger partial charge in [-0.15, -0.1) is 11.3 Å². The fourth-order valence-electron chi connectivity index (χ4n) is 3.01. The van der Waals surface area contributed by atoms with Crippen LogP contribution in [-0.2, 0) is 21.2 Å². The number of cyclic esters (lactones) is 1. The number of esters is 1. The van der Waals surface area contributed by atoms with Gasteiger partial charge in [-0.3, -0.25) is 0 Å². The predicted octanol–water partition coefficient (Wildman–Crippen LogP) is 4.55. The van der Waals surface area contributed by atoms with Gasteiger partial charge in [-0.1, -0.05) is 49.4 Å². The zero-order valence-electron chi connectivity index (χ0n) is 14.1. The van der Waals surface area contributed by atoms with Gasteiger partial charge in [0.15, 0.2) is 9.84 Å². The Morgan fingerprint density at radius 3 is 2.42 bits per heavy atom. The number of thiophene rings is 1. The lowest BCUT2D eigenvalue weighted by molar-refractivity contribution is 0.0538. The molecule has 26 heavy (non-hydrogen) atoms. The molecule has 0 saturated heterocycles. The topological polar surface area (TPSA) is 60.4 Å². The first kappa shape index (κ1) is 17.0. The molecule has 0 unspecified atom stereocenters. The number of hydrogen-bond donors (Lipinski definition) is 0. The first-order chi connectivity index (χ1) is 12.5. The van der Waals surface area contributed by atoms with E-state index in [4.69, 9.17) is 4.74 Å². The van der Waals surface area contributed by atoms with Crippen LogP contribution in [0.25, 0.3) is 21.6 Å². The summed E-state index contributed by atoms with van der Waals surface area (Å²) in [5.41, 5.74) is 3.48. The molecule has 0 saturated carbocycles. The van der Waals surface area contributed by atoms with Crippen molar-refractivity contribution in [2.45, 2.75) is 18.4 Å². The standard InChI is InChI=1S/C20H16O4S2/c1-2-26(22,23)18-6-4-3-5-16(18)13-7-9-14(10-8-13)17-11-15-12-24-20(21)19(15)25-17/h3-11H,2,12H2,1H3.